The van der Waals surface area contributed by atoms with Gasteiger partial charge in [0, 0.05) is 26.3 Å². The number of fused-ring (bicyclic) bond motifs is 6. The quantitative estimate of drug-likeness (QED) is 0.251. The summed E-state index contributed by atoms with van der Waals surface area (Å²) in [5.41, 5.74) is 9.20. The zero-order valence-corrected chi connectivity index (χ0v) is 18.0. The average molecular weight is 438 g/mol. The van der Waals surface area contributed by atoms with E-state index in [1.165, 1.54) is 49.7 Å². The Labute approximate surface area is 178 Å². The Hall–Kier alpha value is -2.84. The normalized spacial score (nSPS) is 14.3. The summed E-state index contributed by atoms with van der Waals surface area (Å²) in [6, 6.07) is 30.9. The minimum absolute atomic E-state index is 0.00205. The lowest BCUT2D eigenvalue weighted by Gasteiger charge is -2.22. The minimum Gasteiger partial charge on any atom is -0.308 e. The van der Waals surface area contributed by atoms with Crippen molar-refractivity contribution in [3.05, 3.63) is 101 Å². The van der Waals surface area contributed by atoms with Gasteiger partial charge in [0.05, 0.1) is 11.0 Å². The largest absolute Gasteiger partial charge is 0.308 e. The summed E-state index contributed by atoms with van der Waals surface area (Å²) in [6.45, 7) is 4.67. The fourth-order valence-electron chi connectivity index (χ4n) is 5.08. The molecular weight excluding hydrogens is 418 g/mol. The molecule has 0 N–H and O–H groups in total. The number of aromatic nitrogens is 1. The molecule has 0 amide bonds. The monoisotopic (exact) mass is 437 g/mol. The second-order valence-corrected chi connectivity index (χ2v) is 9.24. The van der Waals surface area contributed by atoms with E-state index in [1.54, 1.807) is 0 Å². The molecule has 0 atom stereocenters. The Balaban J connectivity index is 1.70. The average Bonchev–Trinajstić information content (AvgIpc) is 3.20. The molecule has 0 saturated heterocycles. The van der Waals surface area contributed by atoms with Crippen molar-refractivity contribution in [1.29, 1.82) is 0 Å². The van der Waals surface area contributed by atoms with E-state index in [-0.39, 0.29) is 5.41 Å². The van der Waals surface area contributed by atoms with Crippen LogP contribution in [0.1, 0.15) is 25.0 Å². The highest BCUT2D eigenvalue weighted by molar-refractivity contribution is 9.10. The van der Waals surface area contributed by atoms with Crippen molar-refractivity contribution < 1.29 is 0 Å². The number of halogens is 1. The fraction of sp³-hybridized carbons (Fsp3) is 0.111. The van der Waals surface area contributed by atoms with Crippen molar-refractivity contribution in [2.45, 2.75) is 19.3 Å². The summed E-state index contributed by atoms with van der Waals surface area (Å²) in [5.74, 6) is 0. The van der Waals surface area contributed by atoms with Crippen LogP contribution in [0, 0.1) is 0 Å². The molecule has 0 spiro atoms. The van der Waals surface area contributed by atoms with Gasteiger partial charge in [-0.3, -0.25) is 0 Å². The maximum atomic E-state index is 3.81. The zero-order valence-electron chi connectivity index (χ0n) is 16.4. The van der Waals surface area contributed by atoms with Gasteiger partial charge in [0.1, 0.15) is 0 Å². The predicted molar refractivity (Wildman–Crippen MR) is 126 cm³/mol. The van der Waals surface area contributed by atoms with Crippen LogP contribution in [0.5, 0.6) is 0 Å². The topological polar surface area (TPSA) is 4.93 Å². The smallest absolute Gasteiger partial charge is 0.0683 e. The summed E-state index contributed by atoms with van der Waals surface area (Å²) in [6.07, 6.45) is 0. The van der Waals surface area contributed by atoms with Gasteiger partial charge in [0.15, 0.2) is 0 Å². The minimum atomic E-state index is -0.00205. The first-order valence-electron chi connectivity index (χ1n) is 10.00. The molecule has 0 aliphatic heterocycles. The van der Waals surface area contributed by atoms with Gasteiger partial charge in [-0.1, -0.05) is 74.5 Å². The number of para-hydroxylation sites is 2. The predicted octanol–water partition coefficient (Wildman–Crippen LogP) is 7.85. The van der Waals surface area contributed by atoms with Gasteiger partial charge in [0.2, 0.25) is 0 Å². The van der Waals surface area contributed by atoms with Crippen LogP contribution in [-0.2, 0) is 5.41 Å². The van der Waals surface area contributed by atoms with Gasteiger partial charge in [-0.05, 0) is 62.4 Å². The Morgan fingerprint density at radius 3 is 2.31 bits per heavy atom. The van der Waals surface area contributed by atoms with Gasteiger partial charge < -0.3 is 4.57 Å². The third kappa shape index (κ3) is 2.21. The van der Waals surface area contributed by atoms with Crippen molar-refractivity contribution in [3.63, 3.8) is 0 Å². The highest BCUT2D eigenvalue weighted by Gasteiger charge is 2.35. The number of hydrogen-bond donors (Lipinski definition) is 0. The molecule has 1 nitrogen and oxygen atoms in total. The number of benzene rings is 4. The molecule has 1 aliphatic carbocycles. The highest BCUT2D eigenvalue weighted by atomic mass is 79.9. The molecule has 0 saturated carbocycles. The van der Waals surface area contributed by atoms with Crippen LogP contribution in [0.15, 0.2) is 89.4 Å². The van der Waals surface area contributed by atoms with E-state index in [9.17, 15) is 0 Å². The molecule has 29 heavy (non-hydrogen) atoms. The first kappa shape index (κ1) is 17.1. The number of rotatable bonds is 1. The summed E-state index contributed by atoms with van der Waals surface area (Å²) >= 11 is 3.81. The SMILES string of the molecule is CC1(C)c2ccccc2-c2ccc(-n3c4ccccc4c4cccc(Br)c43)cc21. The first-order chi connectivity index (χ1) is 14.1. The zero-order chi connectivity index (χ0) is 19.8. The number of hydrogen-bond acceptors (Lipinski definition) is 0. The van der Waals surface area contributed by atoms with Crippen LogP contribution in [0.3, 0.4) is 0 Å². The van der Waals surface area contributed by atoms with E-state index in [2.05, 4.69) is 119 Å². The van der Waals surface area contributed by atoms with Crippen molar-refractivity contribution in [3.8, 4) is 16.8 Å². The van der Waals surface area contributed by atoms with Crippen LogP contribution < -0.4 is 0 Å². The molecule has 2 heteroatoms. The van der Waals surface area contributed by atoms with Gasteiger partial charge in [-0.2, -0.15) is 0 Å². The third-order valence-corrected chi connectivity index (χ3v) is 7.11. The molecule has 0 unspecified atom stereocenters. The molecular formula is C27H20BrN. The highest BCUT2D eigenvalue weighted by Crippen LogP contribution is 2.49. The van der Waals surface area contributed by atoms with Crippen LogP contribution in [-0.4, -0.2) is 4.57 Å². The van der Waals surface area contributed by atoms with Crippen molar-refractivity contribution in [2.24, 2.45) is 0 Å². The van der Waals surface area contributed by atoms with Crippen molar-refractivity contribution in [1.82, 2.24) is 4.57 Å². The number of nitrogens with zero attached hydrogens (tertiary/aromatic N) is 1. The van der Waals surface area contributed by atoms with E-state index >= 15 is 0 Å². The summed E-state index contributed by atoms with van der Waals surface area (Å²) < 4.78 is 3.52. The second-order valence-electron chi connectivity index (χ2n) is 8.39. The van der Waals surface area contributed by atoms with E-state index in [4.69, 9.17) is 0 Å². The van der Waals surface area contributed by atoms with Gasteiger partial charge in [-0.15, -0.1) is 0 Å². The molecule has 0 bridgehead atoms. The molecule has 6 rings (SSSR count). The molecule has 4 aromatic carbocycles. The summed E-state index contributed by atoms with van der Waals surface area (Å²) in [7, 11) is 0. The van der Waals surface area contributed by atoms with Crippen LogP contribution in [0.4, 0.5) is 0 Å². The fourth-order valence-corrected chi connectivity index (χ4v) is 5.62. The van der Waals surface area contributed by atoms with Crippen LogP contribution in [0.2, 0.25) is 0 Å². The van der Waals surface area contributed by atoms with Gasteiger partial charge in [0.25, 0.3) is 0 Å². The second kappa shape index (κ2) is 5.84. The van der Waals surface area contributed by atoms with Gasteiger partial charge in [-0.25, -0.2) is 0 Å². The van der Waals surface area contributed by atoms with Crippen molar-refractivity contribution in [2.75, 3.05) is 0 Å². The van der Waals surface area contributed by atoms with Crippen LogP contribution in [0.25, 0.3) is 38.6 Å². The van der Waals surface area contributed by atoms with E-state index in [0.717, 1.165) is 4.47 Å². The lowest BCUT2D eigenvalue weighted by molar-refractivity contribution is 0.660. The van der Waals surface area contributed by atoms with Gasteiger partial charge >= 0.3 is 0 Å². The maximum absolute atomic E-state index is 3.81. The lowest BCUT2D eigenvalue weighted by atomic mass is 9.82. The van der Waals surface area contributed by atoms with E-state index in [0.29, 0.717) is 0 Å². The molecule has 0 fully saturated rings. The summed E-state index contributed by atoms with van der Waals surface area (Å²) in [4.78, 5) is 0. The standard InChI is InChI=1S/C27H20BrN/c1-27(2)22-11-5-3-8-18(22)19-15-14-17(16-23(19)27)29-25-13-6-4-9-20(25)21-10-7-12-24(28)26(21)29/h3-16H,1-2H3. The Kier molecular flexibility index (Phi) is 3.43. The Morgan fingerprint density at radius 2 is 1.41 bits per heavy atom. The molecule has 1 heterocycles. The maximum Gasteiger partial charge on any atom is 0.0683 e. The van der Waals surface area contributed by atoms with Crippen molar-refractivity contribution >= 4 is 37.7 Å². The van der Waals surface area contributed by atoms with Crippen LogP contribution >= 0.6 is 15.9 Å². The molecule has 5 aromatic rings. The lowest BCUT2D eigenvalue weighted by Crippen LogP contribution is -2.15. The first-order valence-corrected chi connectivity index (χ1v) is 10.8. The van der Waals surface area contributed by atoms with E-state index < -0.39 is 0 Å². The molecule has 1 aliphatic rings. The van der Waals surface area contributed by atoms with E-state index in [1.807, 2.05) is 0 Å². The molecule has 0 radical (unpaired) electrons. The summed E-state index contributed by atoms with van der Waals surface area (Å²) in [5, 5.41) is 2.56. The molecule has 1 aromatic heterocycles. The molecule has 140 valence electrons. The third-order valence-electron chi connectivity index (χ3n) is 6.47. The Bertz CT molecular complexity index is 1440. The Morgan fingerprint density at radius 1 is 0.690 bits per heavy atom.